The van der Waals surface area contributed by atoms with Gasteiger partial charge in [0.25, 0.3) is 5.91 Å². The fourth-order valence-corrected chi connectivity index (χ4v) is 2.88. The van der Waals surface area contributed by atoms with Gasteiger partial charge in [0.05, 0.1) is 15.6 Å². The lowest BCUT2D eigenvalue weighted by molar-refractivity contribution is 0.102. The number of halogens is 2. The minimum Gasteiger partial charge on any atom is -0.304 e. The molecule has 10 heteroatoms. The second kappa shape index (κ2) is 5.64. The fraction of sp³-hybridized carbons (Fsp3) is 0.0909. The van der Waals surface area contributed by atoms with Crippen LogP contribution in [0, 0.1) is 0 Å². The van der Waals surface area contributed by atoms with E-state index >= 15 is 0 Å². The molecule has 0 aliphatic carbocycles. The molecule has 2 aromatic rings. The maximum absolute atomic E-state index is 12.2. The molecule has 0 radical (unpaired) electrons. The van der Waals surface area contributed by atoms with Crippen LogP contribution in [0.3, 0.4) is 0 Å². The summed E-state index contributed by atoms with van der Waals surface area (Å²) in [6, 6.07) is 4.56. The summed E-state index contributed by atoms with van der Waals surface area (Å²) in [7, 11) is -2.53. The Balaban J connectivity index is 2.42. The van der Waals surface area contributed by atoms with Crippen molar-refractivity contribution in [3.8, 4) is 0 Å². The number of aromatic nitrogens is 2. The number of carbonyl (C=O) groups is 1. The van der Waals surface area contributed by atoms with E-state index in [1.807, 2.05) is 0 Å². The lowest BCUT2D eigenvalue weighted by Crippen LogP contribution is -2.18. The van der Waals surface area contributed by atoms with Crippen molar-refractivity contribution >= 4 is 45.0 Å². The number of aryl methyl sites for hydroxylation is 1. The summed E-state index contributed by atoms with van der Waals surface area (Å²) < 4.78 is 24.1. The third kappa shape index (κ3) is 3.35. The molecule has 0 atom stereocenters. The van der Waals surface area contributed by atoms with Crippen LogP contribution >= 0.6 is 23.2 Å². The number of hydrogen-bond acceptors (Lipinski definition) is 4. The summed E-state index contributed by atoms with van der Waals surface area (Å²) in [4.78, 5) is 11.9. The number of nitrogens with zero attached hydrogens (tertiary/aromatic N) is 2. The van der Waals surface area contributed by atoms with Crippen LogP contribution in [0.1, 0.15) is 10.4 Å². The van der Waals surface area contributed by atoms with E-state index in [1.165, 1.54) is 30.1 Å². The molecule has 7 nitrogen and oxygen atoms in total. The van der Waals surface area contributed by atoms with E-state index in [1.54, 1.807) is 6.07 Å². The van der Waals surface area contributed by atoms with Crippen LogP contribution in [-0.2, 0) is 17.1 Å². The molecule has 0 fully saturated rings. The molecule has 1 heterocycles. The second-order valence-corrected chi connectivity index (χ2v) is 6.46. The van der Waals surface area contributed by atoms with E-state index in [9.17, 15) is 13.2 Å². The lowest BCUT2D eigenvalue weighted by atomic mass is 10.2. The first-order valence-electron chi connectivity index (χ1n) is 5.52. The SMILES string of the molecule is Cn1cc(S(N)(=O)=O)c(NC(=O)c2c(Cl)cccc2Cl)n1. The second-order valence-electron chi connectivity index (χ2n) is 4.11. The van der Waals surface area contributed by atoms with Crippen LogP contribution in [0.5, 0.6) is 0 Å². The monoisotopic (exact) mass is 348 g/mol. The van der Waals surface area contributed by atoms with E-state index in [0.29, 0.717) is 0 Å². The van der Waals surface area contributed by atoms with E-state index in [4.69, 9.17) is 28.3 Å². The molecular formula is C11H10Cl2N4O3S. The quantitative estimate of drug-likeness (QED) is 0.878. The average molecular weight is 349 g/mol. The predicted molar refractivity (Wildman–Crippen MR) is 79.0 cm³/mol. The van der Waals surface area contributed by atoms with Gasteiger partial charge in [-0.3, -0.25) is 9.48 Å². The largest absolute Gasteiger partial charge is 0.304 e. The molecule has 0 saturated carbocycles. The number of rotatable bonds is 3. The predicted octanol–water partition coefficient (Wildman–Crippen LogP) is 1.63. The van der Waals surface area contributed by atoms with E-state index in [-0.39, 0.29) is 26.3 Å². The van der Waals surface area contributed by atoms with Gasteiger partial charge < -0.3 is 5.32 Å². The zero-order chi connectivity index (χ0) is 15.8. The molecule has 0 aliphatic rings. The third-order valence-corrected chi connectivity index (χ3v) is 4.07. The molecule has 0 aliphatic heterocycles. The molecular weight excluding hydrogens is 339 g/mol. The number of sulfonamides is 1. The van der Waals surface area contributed by atoms with Crippen molar-refractivity contribution in [2.24, 2.45) is 12.2 Å². The van der Waals surface area contributed by atoms with E-state index in [0.717, 1.165) is 0 Å². The highest BCUT2D eigenvalue weighted by Crippen LogP contribution is 2.26. The number of hydrogen-bond donors (Lipinski definition) is 2. The van der Waals surface area contributed by atoms with Gasteiger partial charge in [-0.1, -0.05) is 29.3 Å². The number of nitrogens with two attached hydrogens (primary N) is 1. The van der Waals surface area contributed by atoms with Gasteiger partial charge in [0.1, 0.15) is 4.90 Å². The number of carbonyl (C=O) groups excluding carboxylic acids is 1. The summed E-state index contributed by atoms with van der Waals surface area (Å²) >= 11 is 11.8. The topological polar surface area (TPSA) is 107 Å². The van der Waals surface area contributed by atoms with Crippen LogP contribution in [0.15, 0.2) is 29.3 Å². The van der Waals surface area contributed by atoms with Crippen molar-refractivity contribution in [1.82, 2.24) is 9.78 Å². The number of benzene rings is 1. The van der Waals surface area contributed by atoms with Crippen LogP contribution in [0.4, 0.5) is 5.82 Å². The number of amides is 1. The zero-order valence-corrected chi connectivity index (χ0v) is 13.0. The maximum atomic E-state index is 12.2. The lowest BCUT2D eigenvalue weighted by Gasteiger charge is -2.07. The molecule has 0 saturated heterocycles. The van der Waals surface area contributed by atoms with Gasteiger partial charge in [0, 0.05) is 13.2 Å². The summed E-state index contributed by atoms with van der Waals surface area (Å²) in [5, 5.41) is 11.5. The Morgan fingerprint density at radius 1 is 1.33 bits per heavy atom. The standard InChI is InChI=1S/C11H10Cl2N4O3S/c1-17-5-8(21(14,19)20)10(16-17)15-11(18)9-6(12)3-2-4-7(9)13/h2-5H,1H3,(H2,14,19,20)(H,15,16,18). The van der Waals surface area contributed by atoms with Gasteiger partial charge >= 0.3 is 0 Å². The molecule has 3 N–H and O–H groups in total. The average Bonchev–Trinajstić information content (AvgIpc) is 2.69. The van der Waals surface area contributed by atoms with Crippen LogP contribution in [0.25, 0.3) is 0 Å². The first kappa shape index (κ1) is 15.8. The molecule has 1 aromatic carbocycles. The van der Waals surface area contributed by atoms with Crippen molar-refractivity contribution in [1.29, 1.82) is 0 Å². The minimum absolute atomic E-state index is 0.0202. The van der Waals surface area contributed by atoms with Crippen molar-refractivity contribution < 1.29 is 13.2 Å². The summed E-state index contributed by atoms with van der Waals surface area (Å²) in [5.41, 5.74) is 0.0202. The van der Waals surface area contributed by atoms with Gasteiger partial charge in [-0.15, -0.1) is 0 Å². The molecule has 112 valence electrons. The molecule has 21 heavy (non-hydrogen) atoms. The molecule has 1 aromatic heterocycles. The highest BCUT2D eigenvalue weighted by Gasteiger charge is 2.22. The van der Waals surface area contributed by atoms with Crippen molar-refractivity contribution in [2.45, 2.75) is 4.90 Å². The summed E-state index contributed by atoms with van der Waals surface area (Å²) in [6.45, 7) is 0. The van der Waals surface area contributed by atoms with Gasteiger partial charge in [0.15, 0.2) is 5.82 Å². The molecule has 0 bridgehead atoms. The van der Waals surface area contributed by atoms with Crippen molar-refractivity contribution in [3.05, 3.63) is 40.0 Å². The Kier molecular flexibility index (Phi) is 4.24. The third-order valence-electron chi connectivity index (χ3n) is 2.52. The van der Waals surface area contributed by atoms with Gasteiger partial charge in [0.2, 0.25) is 10.0 Å². The van der Waals surface area contributed by atoms with E-state index in [2.05, 4.69) is 10.4 Å². The van der Waals surface area contributed by atoms with Crippen molar-refractivity contribution in [2.75, 3.05) is 5.32 Å². The Bertz CT molecular complexity index is 797. The summed E-state index contributed by atoms with van der Waals surface area (Å²) in [6.07, 6.45) is 1.18. The van der Waals surface area contributed by atoms with Crippen molar-refractivity contribution in [3.63, 3.8) is 0 Å². The van der Waals surface area contributed by atoms with Crippen LogP contribution < -0.4 is 10.5 Å². The molecule has 1 amide bonds. The Morgan fingerprint density at radius 3 is 2.43 bits per heavy atom. The normalized spacial score (nSPS) is 11.4. The van der Waals surface area contributed by atoms with E-state index < -0.39 is 15.9 Å². The first-order valence-corrected chi connectivity index (χ1v) is 7.82. The summed E-state index contributed by atoms with van der Waals surface area (Å²) in [5.74, 6) is -0.879. The number of primary sulfonamides is 1. The van der Waals surface area contributed by atoms with Crippen LogP contribution in [0.2, 0.25) is 10.0 Å². The molecule has 0 unspecified atom stereocenters. The number of nitrogens with one attached hydrogen (secondary N) is 1. The zero-order valence-electron chi connectivity index (χ0n) is 10.7. The fourth-order valence-electron chi connectivity index (χ4n) is 1.65. The smallest absolute Gasteiger partial charge is 0.259 e. The minimum atomic E-state index is -4.02. The van der Waals surface area contributed by atoms with Gasteiger partial charge in [-0.2, -0.15) is 5.10 Å². The molecule has 2 rings (SSSR count). The maximum Gasteiger partial charge on any atom is 0.259 e. The number of anilines is 1. The highest BCUT2D eigenvalue weighted by atomic mass is 35.5. The molecule has 0 spiro atoms. The Labute approximate surface area is 130 Å². The van der Waals surface area contributed by atoms with Gasteiger partial charge in [-0.25, -0.2) is 13.6 Å². The van der Waals surface area contributed by atoms with Crippen LogP contribution in [-0.4, -0.2) is 24.1 Å². The Morgan fingerprint density at radius 2 is 1.90 bits per heavy atom. The van der Waals surface area contributed by atoms with Gasteiger partial charge in [-0.05, 0) is 12.1 Å². The Hall–Kier alpha value is -1.61. The highest BCUT2D eigenvalue weighted by molar-refractivity contribution is 7.89. The first-order chi connectivity index (χ1) is 9.70.